The van der Waals surface area contributed by atoms with Crippen molar-refractivity contribution in [1.29, 1.82) is 0 Å². The van der Waals surface area contributed by atoms with Crippen molar-refractivity contribution in [1.82, 2.24) is 15.5 Å². The lowest BCUT2D eigenvalue weighted by Gasteiger charge is -2.03. The van der Waals surface area contributed by atoms with Crippen LogP contribution in [0.2, 0.25) is 0 Å². The van der Waals surface area contributed by atoms with E-state index in [4.69, 9.17) is 0 Å². The van der Waals surface area contributed by atoms with E-state index in [1.165, 1.54) is 23.5 Å². The summed E-state index contributed by atoms with van der Waals surface area (Å²) in [6.45, 7) is 6.02. The van der Waals surface area contributed by atoms with Crippen molar-refractivity contribution in [2.45, 2.75) is 20.4 Å². The molecule has 0 radical (unpaired) electrons. The second-order valence-electron chi connectivity index (χ2n) is 4.53. The molecule has 3 nitrogen and oxygen atoms in total. The van der Waals surface area contributed by atoms with Gasteiger partial charge in [-0.1, -0.05) is 25.2 Å². The van der Waals surface area contributed by atoms with Crippen LogP contribution in [0.1, 0.15) is 18.9 Å². The highest BCUT2D eigenvalue weighted by molar-refractivity contribution is 7.14. The largest absolute Gasteiger partial charge is 0.310 e. The maximum absolute atomic E-state index is 12.8. The minimum Gasteiger partial charge on any atom is -0.310 e. The van der Waals surface area contributed by atoms with Crippen LogP contribution in [0.15, 0.2) is 24.3 Å². The second kappa shape index (κ2) is 6.02. The molecule has 1 heterocycles. The molecule has 1 aromatic carbocycles. The first-order chi connectivity index (χ1) is 8.65. The Morgan fingerprint density at radius 1 is 1.22 bits per heavy atom. The van der Waals surface area contributed by atoms with E-state index in [1.54, 1.807) is 12.1 Å². The summed E-state index contributed by atoms with van der Waals surface area (Å²) in [6, 6.07) is 6.32. The standard InChI is InChI=1S/C13H16FN3S/c1-9(2)7-15-8-12-16-17-13(18-12)10-3-5-11(14)6-4-10/h3-6,9,15H,7-8H2,1-2H3. The quantitative estimate of drug-likeness (QED) is 0.902. The minimum absolute atomic E-state index is 0.234. The predicted octanol–water partition coefficient (Wildman–Crippen LogP) is 3.09. The third kappa shape index (κ3) is 3.58. The number of halogens is 1. The van der Waals surface area contributed by atoms with Crippen LogP contribution >= 0.6 is 11.3 Å². The SMILES string of the molecule is CC(C)CNCc1nnc(-c2ccc(F)cc2)s1. The lowest BCUT2D eigenvalue weighted by atomic mass is 10.2. The van der Waals surface area contributed by atoms with Crippen molar-refractivity contribution in [3.63, 3.8) is 0 Å². The molecule has 1 aromatic heterocycles. The van der Waals surface area contributed by atoms with E-state index < -0.39 is 0 Å². The minimum atomic E-state index is -0.234. The van der Waals surface area contributed by atoms with Gasteiger partial charge in [0, 0.05) is 12.1 Å². The zero-order chi connectivity index (χ0) is 13.0. The summed E-state index contributed by atoms with van der Waals surface area (Å²) in [5.41, 5.74) is 0.906. The van der Waals surface area contributed by atoms with Crippen LogP contribution < -0.4 is 5.32 Å². The van der Waals surface area contributed by atoms with Gasteiger partial charge in [-0.2, -0.15) is 0 Å². The fourth-order valence-corrected chi connectivity index (χ4v) is 2.32. The molecular formula is C13H16FN3S. The molecule has 0 aliphatic rings. The Morgan fingerprint density at radius 3 is 2.61 bits per heavy atom. The monoisotopic (exact) mass is 265 g/mol. The van der Waals surface area contributed by atoms with E-state index >= 15 is 0 Å². The molecule has 0 bridgehead atoms. The fourth-order valence-electron chi connectivity index (χ4n) is 1.50. The summed E-state index contributed by atoms with van der Waals surface area (Å²) in [5.74, 6) is 0.386. The van der Waals surface area contributed by atoms with Gasteiger partial charge in [-0.05, 0) is 36.7 Å². The molecule has 2 aromatic rings. The number of hydrogen-bond donors (Lipinski definition) is 1. The zero-order valence-corrected chi connectivity index (χ0v) is 11.3. The van der Waals surface area contributed by atoms with Crippen LogP contribution in [-0.2, 0) is 6.54 Å². The van der Waals surface area contributed by atoms with Crippen LogP contribution in [0, 0.1) is 11.7 Å². The van der Waals surface area contributed by atoms with Gasteiger partial charge in [0.2, 0.25) is 0 Å². The van der Waals surface area contributed by atoms with Gasteiger partial charge in [-0.15, -0.1) is 10.2 Å². The van der Waals surface area contributed by atoms with Crippen molar-refractivity contribution >= 4 is 11.3 Å². The van der Waals surface area contributed by atoms with Gasteiger partial charge < -0.3 is 5.32 Å². The first-order valence-electron chi connectivity index (χ1n) is 5.94. The summed E-state index contributed by atoms with van der Waals surface area (Å²) in [6.07, 6.45) is 0. The summed E-state index contributed by atoms with van der Waals surface area (Å²) in [5, 5.41) is 13.4. The molecule has 18 heavy (non-hydrogen) atoms. The molecule has 0 saturated carbocycles. The van der Waals surface area contributed by atoms with Crippen molar-refractivity contribution < 1.29 is 4.39 Å². The zero-order valence-electron chi connectivity index (χ0n) is 10.5. The van der Waals surface area contributed by atoms with Crippen LogP contribution in [0.3, 0.4) is 0 Å². The third-order valence-electron chi connectivity index (χ3n) is 2.39. The number of nitrogens with one attached hydrogen (secondary N) is 1. The predicted molar refractivity (Wildman–Crippen MR) is 71.8 cm³/mol. The molecule has 0 atom stereocenters. The summed E-state index contributed by atoms with van der Waals surface area (Å²) < 4.78 is 12.8. The van der Waals surface area contributed by atoms with E-state index in [0.29, 0.717) is 5.92 Å². The highest BCUT2D eigenvalue weighted by Crippen LogP contribution is 2.23. The van der Waals surface area contributed by atoms with Crippen LogP contribution in [0.25, 0.3) is 10.6 Å². The van der Waals surface area contributed by atoms with E-state index in [9.17, 15) is 4.39 Å². The van der Waals surface area contributed by atoms with Gasteiger partial charge in [0.15, 0.2) is 0 Å². The Bertz CT molecular complexity index is 493. The highest BCUT2D eigenvalue weighted by Gasteiger charge is 2.06. The lowest BCUT2D eigenvalue weighted by Crippen LogP contribution is -2.18. The molecule has 0 fully saturated rings. The van der Waals surface area contributed by atoms with E-state index in [0.717, 1.165) is 28.7 Å². The van der Waals surface area contributed by atoms with Gasteiger partial charge >= 0.3 is 0 Å². The molecule has 0 amide bonds. The number of benzene rings is 1. The number of aromatic nitrogens is 2. The number of hydrogen-bond acceptors (Lipinski definition) is 4. The van der Waals surface area contributed by atoms with Crippen LogP contribution in [-0.4, -0.2) is 16.7 Å². The molecular weight excluding hydrogens is 249 g/mol. The Morgan fingerprint density at radius 2 is 1.94 bits per heavy atom. The molecule has 5 heteroatoms. The third-order valence-corrected chi connectivity index (χ3v) is 3.36. The summed E-state index contributed by atoms with van der Waals surface area (Å²) in [4.78, 5) is 0. The second-order valence-corrected chi connectivity index (χ2v) is 5.59. The molecule has 0 spiro atoms. The van der Waals surface area contributed by atoms with Gasteiger partial charge in [-0.3, -0.25) is 0 Å². The van der Waals surface area contributed by atoms with Gasteiger partial charge in [0.25, 0.3) is 0 Å². The molecule has 0 saturated heterocycles. The summed E-state index contributed by atoms with van der Waals surface area (Å²) in [7, 11) is 0. The average molecular weight is 265 g/mol. The molecule has 1 N–H and O–H groups in total. The normalized spacial score (nSPS) is 11.1. The van der Waals surface area contributed by atoms with Crippen molar-refractivity contribution in [3.05, 3.63) is 35.1 Å². The van der Waals surface area contributed by atoms with Crippen molar-refractivity contribution in [2.24, 2.45) is 5.92 Å². The smallest absolute Gasteiger partial charge is 0.147 e. The highest BCUT2D eigenvalue weighted by atomic mass is 32.1. The average Bonchev–Trinajstić information content (AvgIpc) is 2.78. The Kier molecular flexibility index (Phi) is 4.38. The maximum atomic E-state index is 12.8. The van der Waals surface area contributed by atoms with Crippen LogP contribution in [0.4, 0.5) is 4.39 Å². The van der Waals surface area contributed by atoms with Gasteiger partial charge in [0.1, 0.15) is 15.8 Å². The number of rotatable bonds is 5. The van der Waals surface area contributed by atoms with Crippen molar-refractivity contribution in [3.8, 4) is 10.6 Å². The molecule has 0 aliphatic carbocycles. The topological polar surface area (TPSA) is 37.8 Å². The Balaban J connectivity index is 1.99. The van der Waals surface area contributed by atoms with Gasteiger partial charge in [0.05, 0.1) is 0 Å². The van der Waals surface area contributed by atoms with Crippen LogP contribution in [0.5, 0.6) is 0 Å². The maximum Gasteiger partial charge on any atom is 0.147 e. The Labute approximate surface area is 110 Å². The van der Waals surface area contributed by atoms with E-state index in [-0.39, 0.29) is 5.82 Å². The molecule has 2 rings (SSSR count). The Hall–Kier alpha value is -1.33. The first-order valence-corrected chi connectivity index (χ1v) is 6.76. The van der Waals surface area contributed by atoms with Gasteiger partial charge in [-0.25, -0.2) is 4.39 Å². The summed E-state index contributed by atoms with van der Waals surface area (Å²) >= 11 is 1.54. The fraction of sp³-hybridized carbons (Fsp3) is 0.385. The van der Waals surface area contributed by atoms with E-state index in [2.05, 4.69) is 29.4 Å². The lowest BCUT2D eigenvalue weighted by molar-refractivity contribution is 0.550. The molecule has 0 unspecified atom stereocenters. The first kappa shape index (κ1) is 13.1. The van der Waals surface area contributed by atoms with E-state index in [1.807, 2.05) is 0 Å². The molecule has 96 valence electrons. The number of nitrogens with zero attached hydrogens (tertiary/aromatic N) is 2. The molecule has 0 aliphatic heterocycles. The van der Waals surface area contributed by atoms with Crippen molar-refractivity contribution in [2.75, 3.05) is 6.54 Å².